The first-order valence-electron chi connectivity index (χ1n) is 5.03. The highest BCUT2D eigenvalue weighted by Crippen LogP contribution is 2.27. The van der Waals surface area contributed by atoms with Crippen molar-refractivity contribution in [2.24, 2.45) is 0 Å². The molecule has 0 atom stereocenters. The van der Waals surface area contributed by atoms with E-state index < -0.39 is 20.6 Å². The van der Waals surface area contributed by atoms with E-state index in [9.17, 15) is 13.2 Å². The van der Waals surface area contributed by atoms with Gasteiger partial charge >= 0.3 is 5.63 Å². The molecule has 1 heterocycles. The van der Waals surface area contributed by atoms with Crippen LogP contribution in [0.2, 0.25) is 0 Å². The molecule has 0 amide bonds. The van der Waals surface area contributed by atoms with Crippen LogP contribution in [0.3, 0.4) is 0 Å². The Morgan fingerprint density at radius 3 is 2.39 bits per heavy atom. The Morgan fingerprint density at radius 2 is 1.83 bits per heavy atom. The molecular weight excluding hydrogens is 258 g/mol. The van der Waals surface area contributed by atoms with E-state index in [1.165, 1.54) is 12.1 Å². The van der Waals surface area contributed by atoms with Crippen molar-refractivity contribution in [3.05, 3.63) is 33.7 Å². The Hall–Kier alpha value is -1.86. The Labute approximate surface area is 103 Å². The quantitative estimate of drug-likeness (QED) is 0.457. The first-order chi connectivity index (χ1) is 8.21. The zero-order valence-electron chi connectivity index (χ0n) is 9.72. The van der Waals surface area contributed by atoms with E-state index >= 15 is 0 Å². The monoisotopic (exact) mass is 269 g/mol. The number of fused-ring (bicyclic) bond motifs is 1. The molecule has 2 aromatic rings. The van der Waals surface area contributed by atoms with Gasteiger partial charge in [-0.1, -0.05) is 0 Å². The van der Waals surface area contributed by atoms with Crippen LogP contribution in [0.5, 0.6) is 0 Å². The van der Waals surface area contributed by atoms with Crippen LogP contribution in [0.4, 0.5) is 5.69 Å². The molecule has 0 saturated carbocycles. The number of hydrogen-bond donors (Lipinski definition) is 2. The number of nitrogens with two attached hydrogens (primary N) is 1. The van der Waals surface area contributed by atoms with Crippen LogP contribution in [0.1, 0.15) is 11.1 Å². The van der Waals surface area contributed by atoms with Gasteiger partial charge in [0.25, 0.3) is 10.1 Å². The summed E-state index contributed by atoms with van der Waals surface area (Å²) in [6, 6.07) is 2.41. The summed E-state index contributed by atoms with van der Waals surface area (Å²) in [6.07, 6.45) is 0. The Bertz CT molecular complexity index is 804. The molecule has 0 aliphatic heterocycles. The third-order valence-electron chi connectivity index (χ3n) is 2.87. The van der Waals surface area contributed by atoms with Gasteiger partial charge < -0.3 is 10.2 Å². The molecule has 7 heteroatoms. The van der Waals surface area contributed by atoms with Crippen LogP contribution in [-0.4, -0.2) is 13.0 Å². The van der Waals surface area contributed by atoms with Gasteiger partial charge in [0.1, 0.15) is 10.5 Å². The minimum atomic E-state index is -4.41. The number of anilines is 1. The maximum absolute atomic E-state index is 11.5. The predicted octanol–water partition coefficient (Wildman–Crippen LogP) is 1.24. The summed E-state index contributed by atoms with van der Waals surface area (Å²) in [5, 5.41) is 0.425. The molecule has 1 aromatic carbocycles. The van der Waals surface area contributed by atoms with Crippen LogP contribution < -0.4 is 11.4 Å². The zero-order chi connectivity index (χ0) is 13.7. The second-order valence-corrected chi connectivity index (χ2v) is 5.39. The topological polar surface area (TPSA) is 111 Å². The van der Waals surface area contributed by atoms with Crippen LogP contribution >= 0.6 is 0 Å². The first kappa shape index (κ1) is 12.6. The standard InChI is InChI=1S/C11H11NO5S/c1-5-6(2)11(13)17-9-4-8(12)10(3-7(5)9)18(14,15)16/h3-4H,12H2,1-2H3,(H,14,15,16). The van der Waals surface area contributed by atoms with Gasteiger partial charge in [0.15, 0.2) is 0 Å². The van der Waals surface area contributed by atoms with E-state index in [4.69, 9.17) is 14.7 Å². The summed E-state index contributed by atoms with van der Waals surface area (Å²) >= 11 is 0. The fourth-order valence-corrected chi connectivity index (χ4v) is 2.33. The maximum atomic E-state index is 11.5. The summed E-state index contributed by atoms with van der Waals surface area (Å²) in [6.45, 7) is 3.24. The molecule has 0 bridgehead atoms. The highest BCUT2D eigenvalue weighted by Gasteiger charge is 2.17. The number of aryl methyl sites for hydroxylation is 1. The summed E-state index contributed by atoms with van der Waals surface area (Å²) in [5.41, 5.74) is 6.00. The Balaban J connectivity index is 3.00. The van der Waals surface area contributed by atoms with Crippen LogP contribution in [0.15, 0.2) is 26.2 Å². The lowest BCUT2D eigenvalue weighted by Crippen LogP contribution is -2.08. The van der Waals surface area contributed by atoms with Gasteiger partial charge in [-0.25, -0.2) is 4.79 Å². The summed E-state index contributed by atoms with van der Waals surface area (Å²) in [4.78, 5) is 11.1. The molecule has 1 aromatic heterocycles. The maximum Gasteiger partial charge on any atom is 0.339 e. The molecule has 96 valence electrons. The predicted molar refractivity (Wildman–Crippen MR) is 66.2 cm³/mol. The molecule has 0 unspecified atom stereocenters. The molecule has 0 radical (unpaired) electrons. The second-order valence-electron chi connectivity index (χ2n) is 4.00. The molecule has 3 N–H and O–H groups in total. The Morgan fingerprint density at radius 1 is 1.22 bits per heavy atom. The van der Waals surface area contributed by atoms with Crippen molar-refractivity contribution < 1.29 is 17.4 Å². The second kappa shape index (κ2) is 3.82. The minimum Gasteiger partial charge on any atom is -0.422 e. The van der Waals surface area contributed by atoms with Crippen molar-refractivity contribution in [3.8, 4) is 0 Å². The van der Waals surface area contributed by atoms with Gasteiger partial charge in [0, 0.05) is 17.0 Å². The van der Waals surface area contributed by atoms with Crippen molar-refractivity contribution in [2.75, 3.05) is 5.73 Å². The smallest absolute Gasteiger partial charge is 0.339 e. The van der Waals surface area contributed by atoms with Gasteiger partial charge in [-0.15, -0.1) is 0 Å². The molecule has 0 spiro atoms. The Kier molecular flexibility index (Phi) is 2.67. The minimum absolute atomic E-state index is 0.170. The van der Waals surface area contributed by atoms with Crippen molar-refractivity contribution in [3.63, 3.8) is 0 Å². The highest BCUT2D eigenvalue weighted by atomic mass is 32.2. The number of nitrogen functional groups attached to an aromatic ring is 1. The van der Waals surface area contributed by atoms with E-state index in [1.54, 1.807) is 13.8 Å². The molecular formula is C11H11NO5S. The zero-order valence-corrected chi connectivity index (χ0v) is 10.5. The molecule has 18 heavy (non-hydrogen) atoms. The van der Waals surface area contributed by atoms with Crippen molar-refractivity contribution in [1.29, 1.82) is 0 Å². The van der Waals surface area contributed by atoms with Crippen molar-refractivity contribution >= 4 is 26.8 Å². The first-order valence-corrected chi connectivity index (χ1v) is 6.47. The van der Waals surface area contributed by atoms with Crippen LogP contribution in [0.25, 0.3) is 11.0 Å². The van der Waals surface area contributed by atoms with Crippen molar-refractivity contribution in [1.82, 2.24) is 0 Å². The average Bonchev–Trinajstić information content (AvgIpc) is 2.24. The number of benzene rings is 1. The van der Waals surface area contributed by atoms with Gasteiger partial charge in [-0.05, 0) is 25.5 Å². The van der Waals surface area contributed by atoms with Crippen LogP contribution in [0, 0.1) is 13.8 Å². The van der Waals surface area contributed by atoms with E-state index in [0.29, 0.717) is 16.5 Å². The molecule has 0 fully saturated rings. The van der Waals surface area contributed by atoms with E-state index in [2.05, 4.69) is 0 Å². The van der Waals surface area contributed by atoms with Gasteiger partial charge in [0.05, 0.1) is 5.69 Å². The highest BCUT2D eigenvalue weighted by molar-refractivity contribution is 7.86. The largest absolute Gasteiger partial charge is 0.422 e. The third-order valence-corrected chi connectivity index (χ3v) is 3.77. The molecule has 2 rings (SSSR count). The van der Waals surface area contributed by atoms with Gasteiger partial charge in [0.2, 0.25) is 0 Å². The summed E-state index contributed by atoms with van der Waals surface area (Å²) < 4.78 is 36.3. The summed E-state index contributed by atoms with van der Waals surface area (Å²) in [5.74, 6) is 0. The molecule has 0 aliphatic carbocycles. The van der Waals surface area contributed by atoms with Gasteiger partial charge in [-0.3, -0.25) is 4.55 Å². The molecule has 6 nitrogen and oxygen atoms in total. The van der Waals surface area contributed by atoms with Crippen LogP contribution in [-0.2, 0) is 10.1 Å². The van der Waals surface area contributed by atoms with Crippen molar-refractivity contribution in [2.45, 2.75) is 18.7 Å². The van der Waals surface area contributed by atoms with E-state index in [-0.39, 0.29) is 11.3 Å². The lowest BCUT2D eigenvalue weighted by atomic mass is 10.1. The lowest BCUT2D eigenvalue weighted by molar-refractivity contribution is 0.483. The van der Waals surface area contributed by atoms with E-state index in [0.717, 1.165) is 0 Å². The number of rotatable bonds is 1. The SMILES string of the molecule is Cc1c(C)c2cc(S(=O)(=O)O)c(N)cc2oc1=O. The lowest BCUT2D eigenvalue weighted by Gasteiger charge is -2.07. The molecule has 0 saturated heterocycles. The van der Waals surface area contributed by atoms with E-state index in [1.807, 2.05) is 0 Å². The fraction of sp³-hybridized carbons (Fsp3) is 0.182. The van der Waals surface area contributed by atoms with Gasteiger partial charge in [-0.2, -0.15) is 8.42 Å². The summed E-state index contributed by atoms with van der Waals surface area (Å²) in [7, 11) is -4.41. The average molecular weight is 269 g/mol. The molecule has 0 aliphatic rings. The third kappa shape index (κ3) is 1.87. The fourth-order valence-electron chi connectivity index (χ4n) is 1.71. The number of hydrogen-bond acceptors (Lipinski definition) is 5. The normalized spacial score (nSPS) is 11.9.